The summed E-state index contributed by atoms with van der Waals surface area (Å²) in [6.45, 7) is 0. The Morgan fingerprint density at radius 2 is 1.79 bits per heavy atom. The van der Waals surface area contributed by atoms with Gasteiger partial charge in [0, 0.05) is 43.0 Å². The first kappa shape index (κ1) is 28.7. The van der Waals surface area contributed by atoms with Crippen LogP contribution in [0.1, 0.15) is 57.4 Å². The van der Waals surface area contributed by atoms with E-state index in [4.69, 9.17) is 10.5 Å². The lowest BCUT2D eigenvalue weighted by Gasteiger charge is -2.21. The number of methoxy groups -OCH3 is 1. The third-order valence-electron chi connectivity index (χ3n) is 7.56. The van der Waals surface area contributed by atoms with Gasteiger partial charge in [-0.05, 0) is 71.1 Å². The minimum atomic E-state index is -0.945. The number of fused-ring (bicyclic) bond motifs is 1. The van der Waals surface area contributed by atoms with Gasteiger partial charge >= 0.3 is 0 Å². The molecule has 214 valence electrons. The quantitative estimate of drug-likeness (QED) is 0.257. The number of hydrogen-bond donors (Lipinski definition) is 1. The smallest absolute Gasteiger partial charge is 0.251 e. The molecule has 1 aromatic heterocycles. The summed E-state index contributed by atoms with van der Waals surface area (Å²) in [6, 6.07) is 15.7. The second-order valence-electron chi connectivity index (χ2n) is 10.4. The van der Waals surface area contributed by atoms with Gasteiger partial charge in [0.2, 0.25) is 0 Å². The number of pyridine rings is 1. The molecule has 6 nitrogen and oxygen atoms in total. The number of benzene rings is 3. The van der Waals surface area contributed by atoms with Crippen LogP contribution in [0.3, 0.4) is 0 Å². The first-order valence-electron chi connectivity index (χ1n) is 13.3. The summed E-state index contributed by atoms with van der Waals surface area (Å²) in [5.41, 5.74) is 8.30. The van der Waals surface area contributed by atoms with Gasteiger partial charge in [-0.15, -0.1) is 0 Å². The van der Waals surface area contributed by atoms with Gasteiger partial charge in [0.15, 0.2) is 0 Å². The number of nitrogens with two attached hydrogens (primary N) is 1. The maximum Gasteiger partial charge on any atom is 0.251 e. The molecule has 1 amide bonds. The molecule has 1 aliphatic rings. The molecule has 3 aromatic carbocycles. The Labute approximate surface area is 240 Å². The monoisotopic (exact) mass is 572 g/mol. The van der Waals surface area contributed by atoms with E-state index in [0.717, 1.165) is 23.3 Å². The average Bonchev–Trinajstić information content (AvgIpc) is 3.26. The molecule has 2 N–H and O–H groups in total. The Morgan fingerprint density at radius 1 is 1.02 bits per heavy atom. The van der Waals surface area contributed by atoms with Crippen LogP contribution in [0.4, 0.5) is 13.2 Å². The standard InChI is InChI=1S/C33H27F3N2O4/c1-42-25-6-4-20-14-31(40)28(27(20)17-25)16-24(39)12-21(9-18-10-22(34)15-23(35)11-18)32-26(3-2-8-38-32)19-5-7-30(36)29(13-19)33(37)41/h2-8,10-11,13,15,17,21,28H,9,12,14,16H2,1H3,(H2,37,41)/t21-,28?/m1/s1. The van der Waals surface area contributed by atoms with Crippen LogP contribution in [-0.4, -0.2) is 29.6 Å². The van der Waals surface area contributed by atoms with Gasteiger partial charge in [-0.25, -0.2) is 13.2 Å². The number of rotatable bonds is 10. The van der Waals surface area contributed by atoms with E-state index in [1.165, 1.54) is 37.6 Å². The molecule has 0 saturated carbocycles. The van der Waals surface area contributed by atoms with E-state index in [-0.39, 0.29) is 42.8 Å². The van der Waals surface area contributed by atoms with Gasteiger partial charge in [0.1, 0.15) is 34.8 Å². The van der Waals surface area contributed by atoms with E-state index in [2.05, 4.69) is 4.98 Å². The Morgan fingerprint density at radius 3 is 2.50 bits per heavy atom. The molecule has 42 heavy (non-hydrogen) atoms. The summed E-state index contributed by atoms with van der Waals surface area (Å²) in [5.74, 6) is -4.27. The number of ketones is 2. The van der Waals surface area contributed by atoms with Crippen LogP contribution in [-0.2, 0) is 22.4 Å². The highest BCUT2D eigenvalue weighted by Gasteiger charge is 2.33. The van der Waals surface area contributed by atoms with Crippen LogP contribution in [0.2, 0.25) is 0 Å². The molecule has 0 aliphatic heterocycles. The van der Waals surface area contributed by atoms with E-state index < -0.39 is 35.2 Å². The Kier molecular flexibility index (Phi) is 8.20. The van der Waals surface area contributed by atoms with Crippen LogP contribution in [0.5, 0.6) is 5.75 Å². The fourth-order valence-electron chi connectivity index (χ4n) is 5.63. The Hall–Kier alpha value is -4.79. The molecule has 1 unspecified atom stereocenters. The summed E-state index contributed by atoms with van der Waals surface area (Å²) in [4.78, 5) is 42.8. The van der Waals surface area contributed by atoms with Gasteiger partial charge < -0.3 is 10.5 Å². The number of carbonyl (C=O) groups is 3. The molecule has 5 rings (SSSR count). The Balaban J connectivity index is 1.51. The number of primary amides is 1. The third-order valence-corrected chi connectivity index (χ3v) is 7.56. The number of hydrogen-bond acceptors (Lipinski definition) is 5. The molecule has 1 aliphatic carbocycles. The van der Waals surface area contributed by atoms with Gasteiger partial charge in [0.25, 0.3) is 5.91 Å². The first-order valence-corrected chi connectivity index (χ1v) is 13.3. The SMILES string of the molecule is COc1ccc2c(c1)C(CC(=O)C[C@@H](Cc1cc(F)cc(F)c1)c1ncccc1-c1ccc(F)c(C(N)=O)c1)C(=O)C2. The number of ether oxygens (including phenoxy) is 1. The number of halogens is 3. The normalized spacial score (nSPS) is 14.9. The van der Waals surface area contributed by atoms with Crippen molar-refractivity contribution in [2.75, 3.05) is 7.11 Å². The highest BCUT2D eigenvalue weighted by Crippen LogP contribution is 2.38. The van der Waals surface area contributed by atoms with Crippen molar-refractivity contribution in [1.29, 1.82) is 0 Å². The molecule has 0 spiro atoms. The van der Waals surface area contributed by atoms with Gasteiger partial charge in [-0.3, -0.25) is 19.4 Å². The topological polar surface area (TPSA) is 99.3 Å². The van der Waals surface area contributed by atoms with E-state index >= 15 is 0 Å². The zero-order valence-electron chi connectivity index (χ0n) is 22.7. The van der Waals surface area contributed by atoms with Crippen LogP contribution in [0.25, 0.3) is 11.1 Å². The second kappa shape index (κ2) is 12.0. The summed E-state index contributed by atoms with van der Waals surface area (Å²) in [5, 5.41) is 0. The van der Waals surface area contributed by atoms with E-state index in [0.29, 0.717) is 28.1 Å². The van der Waals surface area contributed by atoms with Crippen LogP contribution in [0.15, 0.2) is 72.9 Å². The highest BCUT2D eigenvalue weighted by molar-refractivity contribution is 5.97. The molecule has 0 saturated heterocycles. The van der Waals surface area contributed by atoms with Crippen LogP contribution >= 0.6 is 0 Å². The third kappa shape index (κ3) is 6.10. The van der Waals surface area contributed by atoms with Crippen molar-refractivity contribution < 1.29 is 32.3 Å². The number of amides is 1. The fourth-order valence-corrected chi connectivity index (χ4v) is 5.63. The number of Topliss-reactive ketones (excluding diaryl/α,β-unsaturated/α-hetero) is 2. The largest absolute Gasteiger partial charge is 0.497 e. The predicted molar refractivity (Wildman–Crippen MR) is 150 cm³/mol. The predicted octanol–water partition coefficient (Wildman–Crippen LogP) is 5.86. The van der Waals surface area contributed by atoms with Crippen molar-refractivity contribution in [1.82, 2.24) is 4.98 Å². The van der Waals surface area contributed by atoms with Crippen molar-refractivity contribution in [2.45, 2.75) is 37.5 Å². The molecule has 2 atom stereocenters. The maximum atomic E-state index is 14.2. The molecule has 4 aromatic rings. The highest BCUT2D eigenvalue weighted by atomic mass is 19.1. The first-order chi connectivity index (χ1) is 20.1. The summed E-state index contributed by atoms with van der Waals surface area (Å²) in [7, 11) is 1.52. The van der Waals surface area contributed by atoms with Gasteiger partial charge in [-0.2, -0.15) is 0 Å². The van der Waals surface area contributed by atoms with E-state index in [1.807, 2.05) is 6.07 Å². The van der Waals surface area contributed by atoms with Crippen molar-refractivity contribution in [3.05, 3.63) is 118 Å². The molecule has 0 radical (unpaired) electrons. The van der Waals surface area contributed by atoms with Crippen molar-refractivity contribution in [2.24, 2.45) is 5.73 Å². The maximum absolute atomic E-state index is 14.2. The van der Waals surface area contributed by atoms with E-state index in [1.54, 1.807) is 24.3 Å². The van der Waals surface area contributed by atoms with E-state index in [9.17, 15) is 27.6 Å². The summed E-state index contributed by atoms with van der Waals surface area (Å²) in [6.07, 6.45) is 1.65. The molecule has 0 fully saturated rings. The average molecular weight is 573 g/mol. The second-order valence-corrected chi connectivity index (χ2v) is 10.4. The van der Waals surface area contributed by atoms with Crippen molar-refractivity contribution in [3.8, 4) is 16.9 Å². The van der Waals surface area contributed by atoms with Crippen molar-refractivity contribution >= 4 is 17.5 Å². The number of nitrogens with zero attached hydrogens (tertiary/aromatic N) is 1. The molecular formula is C33H27F3N2O4. The zero-order valence-corrected chi connectivity index (χ0v) is 22.7. The molecular weight excluding hydrogens is 545 g/mol. The van der Waals surface area contributed by atoms with Gasteiger partial charge in [0.05, 0.1) is 24.3 Å². The summed E-state index contributed by atoms with van der Waals surface area (Å²) >= 11 is 0. The molecule has 9 heteroatoms. The van der Waals surface area contributed by atoms with Crippen LogP contribution < -0.4 is 10.5 Å². The molecule has 0 bridgehead atoms. The lowest BCUT2D eigenvalue weighted by Crippen LogP contribution is -2.17. The lowest BCUT2D eigenvalue weighted by molar-refractivity contribution is -0.124. The van der Waals surface area contributed by atoms with Crippen molar-refractivity contribution in [3.63, 3.8) is 0 Å². The minimum Gasteiger partial charge on any atom is -0.497 e. The summed E-state index contributed by atoms with van der Waals surface area (Å²) < 4.78 is 47.8. The minimum absolute atomic E-state index is 0.0529. The van der Waals surface area contributed by atoms with Gasteiger partial charge in [-0.1, -0.05) is 18.2 Å². The number of carbonyl (C=O) groups excluding carboxylic acids is 3. The zero-order chi connectivity index (χ0) is 30.0. The fraction of sp³-hybridized carbons (Fsp3) is 0.212. The number of aromatic nitrogens is 1. The lowest BCUT2D eigenvalue weighted by atomic mass is 9.84. The Bertz CT molecular complexity index is 1680. The molecule has 1 heterocycles. The van der Waals surface area contributed by atoms with Crippen LogP contribution in [0, 0.1) is 17.5 Å².